The van der Waals surface area contributed by atoms with Gasteiger partial charge < -0.3 is 20.1 Å². The minimum atomic E-state index is -0.470. The van der Waals surface area contributed by atoms with Crippen LogP contribution in [-0.2, 0) is 4.79 Å². The topological polar surface area (TPSA) is 76.7 Å². The highest BCUT2D eigenvalue weighted by Gasteiger charge is 2.09. The zero-order chi connectivity index (χ0) is 22.1. The van der Waals surface area contributed by atoms with Crippen molar-refractivity contribution in [3.8, 4) is 11.5 Å². The molecule has 2 N–H and O–H groups in total. The molecular formula is C24H23FN2O4. The average Bonchev–Trinajstić information content (AvgIpc) is 2.77. The Hall–Kier alpha value is -3.87. The predicted molar refractivity (Wildman–Crippen MR) is 117 cm³/mol. The fraction of sp³-hybridized carbons (Fsp3) is 0.167. The number of anilines is 2. The van der Waals surface area contributed by atoms with Crippen LogP contribution in [0.25, 0.3) is 0 Å². The van der Waals surface area contributed by atoms with E-state index in [4.69, 9.17) is 9.47 Å². The number of hydrogen-bond acceptors (Lipinski definition) is 4. The van der Waals surface area contributed by atoms with Crippen LogP contribution in [0.3, 0.4) is 0 Å². The molecule has 31 heavy (non-hydrogen) atoms. The van der Waals surface area contributed by atoms with E-state index in [-0.39, 0.29) is 30.6 Å². The zero-order valence-electron chi connectivity index (χ0n) is 17.1. The molecule has 0 saturated carbocycles. The van der Waals surface area contributed by atoms with Crippen LogP contribution in [0, 0.1) is 5.82 Å². The largest absolute Gasteiger partial charge is 0.494 e. The standard InChI is InChI=1S/C24H23FN2O4/c1-2-30-20-13-11-19(12-14-20)27-24(29)17-7-9-18(10-8-17)26-23(28)15-16-31-22-6-4-3-5-21(22)25/h3-14H,2,15-16H2,1H3,(H,26,28)(H,27,29). The van der Waals surface area contributed by atoms with Crippen LogP contribution in [0.2, 0.25) is 0 Å². The summed E-state index contributed by atoms with van der Waals surface area (Å²) in [5.41, 5.74) is 1.66. The molecule has 3 aromatic rings. The van der Waals surface area contributed by atoms with Crippen LogP contribution >= 0.6 is 0 Å². The lowest BCUT2D eigenvalue weighted by Gasteiger charge is -2.09. The van der Waals surface area contributed by atoms with E-state index in [0.29, 0.717) is 23.5 Å². The molecule has 3 rings (SSSR count). The van der Waals surface area contributed by atoms with Gasteiger partial charge in [-0.25, -0.2) is 4.39 Å². The van der Waals surface area contributed by atoms with E-state index >= 15 is 0 Å². The van der Waals surface area contributed by atoms with E-state index < -0.39 is 5.82 Å². The smallest absolute Gasteiger partial charge is 0.255 e. The van der Waals surface area contributed by atoms with Crippen molar-refractivity contribution in [3.05, 3.63) is 84.2 Å². The van der Waals surface area contributed by atoms with Gasteiger partial charge in [-0.3, -0.25) is 9.59 Å². The second kappa shape index (κ2) is 10.8. The summed E-state index contributed by atoms with van der Waals surface area (Å²) >= 11 is 0. The summed E-state index contributed by atoms with van der Waals surface area (Å²) in [7, 11) is 0. The summed E-state index contributed by atoms with van der Waals surface area (Å²) in [4.78, 5) is 24.4. The maximum atomic E-state index is 13.5. The number of carbonyl (C=O) groups is 2. The normalized spacial score (nSPS) is 10.3. The molecule has 0 bridgehead atoms. The highest BCUT2D eigenvalue weighted by molar-refractivity contribution is 6.04. The molecule has 0 atom stereocenters. The van der Waals surface area contributed by atoms with Gasteiger partial charge in [-0.2, -0.15) is 0 Å². The summed E-state index contributed by atoms with van der Waals surface area (Å²) < 4.78 is 24.1. The minimum Gasteiger partial charge on any atom is -0.494 e. The Kier molecular flexibility index (Phi) is 7.59. The van der Waals surface area contributed by atoms with Crippen LogP contribution in [0.15, 0.2) is 72.8 Å². The van der Waals surface area contributed by atoms with Gasteiger partial charge in [-0.05, 0) is 67.6 Å². The second-order valence-electron chi connectivity index (χ2n) is 6.57. The Bertz CT molecular complexity index is 1020. The van der Waals surface area contributed by atoms with E-state index in [2.05, 4.69) is 10.6 Å². The Morgan fingerprint density at radius 1 is 0.839 bits per heavy atom. The Morgan fingerprint density at radius 3 is 2.16 bits per heavy atom. The minimum absolute atomic E-state index is 0.0509. The molecule has 0 heterocycles. The molecule has 0 radical (unpaired) electrons. The number of carbonyl (C=O) groups excluding carboxylic acids is 2. The number of halogens is 1. The van der Waals surface area contributed by atoms with E-state index in [0.717, 1.165) is 5.75 Å². The molecule has 0 fully saturated rings. The SMILES string of the molecule is CCOc1ccc(NC(=O)c2ccc(NC(=O)CCOc3ccccc3F)cc2)cc1. The van der Waals surface area contributed by atoms with Crippen LogP contribution in [-0.4, -0.2) is 25.0 Å². The first kappa shape index (κ1) is 21.8. The fourth-order valence-corrected chi connectivity index (χ4v) is 2.75. The number of para-hydroxylation sites is 1. The Morgan fingerprint density at radius 2 is 1.48 bits per heavy atom. The van der Waals surface area contributed by atoms with Gasteiger partial charge in [0.1, 0.15) is 5.75 Å². The summed E-state index contributed by atoms with van der Waals surface area (Å²) in [6.07, 6.45) is 0.0638. The number of hydrogen-bond donors (Lipinski definition) is 2. The number of rotatable bonds is 9. The number of benzene rings is 3. The predicted octanol–water partition coefficient (Wildman–Crippen LogP) is 4.88. The molecule has 0 aliphatic heterocycles. The molecule has 0 spiro atoms. The molecule has 7 heteroatoms. The van der Waals surface area contributed by atoms with E-state index in [1.165, 1.54) is 12.1 Å². The van der Waals surface area contributed by atoms with Gasteiger partial charge in [0.15, 0.2) is 11.6 Å². The molecular weight excluding hydrogens is 399 g/mol. The first-order valence-electron chi connectivity index (χ1n) is 9.86. The van der Waals surface area contributed by atoms with Crippen molar-refractivity contribution in [1.82, 2.24) is 0 Å². The third-order valence-electron chi connectivity index (χ3n) is 4.28. The molecule has 160 valence electrons. The fourth-order valence-electron chi connectivity index (χ4n) is 2.75. The quantitative estimate of drug-likeness (QED) is 0.515. The average molecular weight is 422 g/mol. The highest BCUT2D eigenvalue weighted by Crippen LogP contribution is 2.18. The van der Waals surface area contributed by atoms with Crippen LogP contribution in [0.4, 0.5) is 15.8 Å². The van der Waals surface area contributed by atoms with Crippen molar-refractivity contribution < 1.29 is 23.5 Å². The molecule has 0 aromatic heterocycles. The number of ether oxygens (including phenoxy) is 2. The maximum Gasteiger partial charge on any atom is 0.255 e. The summed E-state index contributed by atoms with van der Waals surface area (Å²) in [6.45, 7) is 2.53. The first-order valence-corrected chi connectivity index (χ1v) is 9.86. The van der Waals surface area contributed by atoms with E-state index in [1.54, 1.807) is 60.7 Å². The van der Waals surface area contributed by atoms with Crippen molar-refractivity contribution in [2.75, 3.05) is 23.8 Å². The van der Waals surface area contributed by atoms with Gasteiger partial charge in [0.2, 0.25) is 5.91 Å². The van der Waals surface area contributed by atoms with Crippen molar-refractivity contribution in [1.29, 1.82) is 0 Å². The lowest BCUT2D eigenvalue weighted by molar-refractivity contribution is -0.116. The second-order valence-corrected chi connectivity index (χ2v) is 6.57. The van der Waals surface area contributed by atoms with Crippen molar-refractivity contribution in [2.24, 2.45) is 0 Å². The number of amides is 2. The van der Waals surface area contributed by atoms with Gasteiger partial charge in [-0.15, -0.1) is 0 Å². The van der Waals surface area contributed by atoms with Gasteiger partial charge in [0.05, 0.1) is 19.6 Å². The summed E-state index contributed by atoms with van der Waals surface area (Å²) in [5.74, 6) is -0.164. The van der Waals surface area contributed by atoms with Crippen LogP contribution in [0.1, 0.15) is 23.7 Å². The lowest BCUT2D eigenvalue weighted by atomic mass is 10.2. The Balaban J connectivity index is 1.47. The lowest BCUT2D eigenvalue weighted by Crippen LogP contribution is -2.16. The van der Waals surface area contributed by atoms with Gasteiger partial charge >= 0.3 is 0 Å². The third-order valence-corrected chi connectivity index (χ3v) is 4.28. The molecule has 2 amide bonds. The molecule has 0 unspecified atom stereocenters. The molecule has 6 nitrogen and oxygen atoms in total. The maximum absolute atomic E-state index is 13.5. The monoisotopic (exact) mass is 422 g/mol. The molecule has 0 saturated heterocycles. The van der Waals surface area contributed by atoms with E-state index in [1.807, 2.05) is 6.92 Å². The third kappa shape index (κ3) is 6.57. The van der Waals surface area contributed by atoms with Crippen LogP contribution in [0.5, 0.6) is 11.5 Å². The Labute approximate surface area is 180 Å². The van der Waals surface area contributed by atoms with Gasteiger partial charge in [-0.1, -0.05) is 12.1 Å². The zero-order valence-corrected chi connectivity index (χ0v) is 17.1. The summed E-state index contributed by atoms with van der Waals surface area (Å²) in [5, 5.41) is 5.53. The van der Waals surface area contributed by atoms with E-state index in [9.17, 15) is 14.0 Å². The van der Waals surface area contributed by atoms with Crippen molar-refractivity contribution >= 4 is 23.2 Å². The summed E-state index contributed by atoms with van der Waals surface area (Å²) in [6, 6.07) is 19.6. The van der Waals surface area contributed by atoms with Gasteiger partial charge in [0.25, 0.3) is 5.91 Å². The molecule has 0 aliphatic rings. The first-order chi connectivity index (χ1) is 15.0. The molecule has 0 aliphatic carbocycles. The highest BCUT2D eigenvalue weighted by atomic mass is 19.1. The number of nitrogens with one attached hydrogen (secondary N) is 2. The van der Waals surface area contributed by atoms with Gasteiger partial charge in [0, 0.05) is 16.9 Å². The van der Waals surface area contributed by atoms with Crippen molar-refractivity contribution in [3.63, 3.8) is 0 Å². The molecule has 3 aromatic carbocycles. The van der Waals surface area contributed by atoms with Crippen molar-refractivity contribution in [2.45, 2.75) is 13.3 Å². The van der Waals surface area contributed by atoms with Crippen LogP contribution < -0.4 is 20.1 Å².